The summed E-state index contributed by atoms with van der Waals surface area (Å²) in [5, 5.41) is 1.06. The van der Waals surface area contributed by atoms with Gasteiger partial charge in [0.2, 0.25) is 5.78 Å². The van der Waals surface area contributed by atoms with Crippen LogP contribution in [0, 0.1) is 0 Å². The molecule has 0 bridgehead atoms. The minimum atomic E-state index is -0.157. The molecule has 4 rings (SSSR count). The van der Waals surface area contributed by atoms with Crippen LogP contribution in [0.2, 0.25) is 10.0 Å². The van der Waals surface area contributed by atoms with Crippen LogP contribution in [0.3, 0.4) is 0 Å². The number of carbonyl (C=O) groups excluding carboxylic acids is 2. The molecular weight excluding hydrogens is 548 g/mol. The van der Waals surface area contributed by atoms with Crippen molar-refractivity contribution in [1.82, 2.24) is 14.9 Å². The molecule has 2 aromatic heterocycles. The monoisotopic (exact) mass is 586 g/mol. The number of alkyl halides is 1. The van der Waals surface area contributed by atoms with Gasteiger partial charge in [0, 0.05) is 70.9 Å². The summed E-state index contributed by atoms with van der Waals surface area (Å²) in [6.45, 7) is 7.27. The highest BCUT2D eigenvalue weighted by atomic mass is 35.5. The van der Waals surface area contributed by atoms with Crippen LogP contribution in [0.1, 0.15) is 36.7 Å². The van der Waals surface area contributed by atoms with Gasteiger partial charge in [-0.05, 0) is 24.3 Å². The molecule has 9 nitrogen and oxygen atoms in total. The Morgan fingerprint density at radius 3 is 1.72 bits per heavy atom. The third kappa shape index (κ3) is 11.5. The molecule has 12 heteroatoms. The number of rotatable bonds is 6. The van der Waals surface area contributed by atoms with E-state index in [0.717, 1.165) is 37.8 Å². The number of nitrogens with zero attached hydrogens (tertiary/aromatic N) is 5. The summed E-state index contributed by atoms with van der Waals surface area (Å²) >= 11 is 12.1. The highest BCUT2D eigenvalue weighted by Gasteiger charge is 2.16. The maximum absolute atomic E-state index is 12.1. The Bertz CT molecular complexity index is 1100. The maximum atomic E-state index is 12.1. The molecule has 2 aliphatic rings. The van der Waals surface area contributed by atoms with E-state index in [4.69, 9.17) is 34.0 Å². The van der Waals surface area contributed by atoms with Crippen molar-refractivity contribution in [3.05, 3.63) is 58.0 Å². The summed E-state index contributed by atoms with van der Waals surface area (Å²) in [6, 6.07) is 6.74. The lowest BCUT2D eigenvalue weighted by molar-refractivity contribution is 0.101. The lowest BCUT2D eigenvalue weighted by atomic mass is 10.2. The van der Waals surface area contributed by atoms with Crippen molar-refractivity contribution in [2.24, 2.45) is 0 Å². The molecule has 0 atom stereocenters. The van der Waals surface area contributed by atoms with Crippen molar-refractivity contribution < 1.29 is 24.8 Å². The van der Waals surface area contributed by atoms with Gasteiger partial charge < -0.3 is 24.2 Å². The van der Waals surface area contributed by atoms with Crippen molar-refractivity contribution in [2.75, 3.05) is 83.7 Å². The van der Waals surface area contributed by atoms with Crippen molar-refractivity contribution in [2.45, 2.75) is 14.3 Å². The van der Waals surface area contributed by atoms with Crippen molar-refractivity contribution in [3.63, 3.8) is 0 Å². The molecule has 2 saturated heterocycles. The van der Waals surface area contributed by atoms with Crippen LogP contribution in [0.5, 0.6) is 0 Å². The number of hydrogen-bond donors (Lipinski definition) is 0. The van der Waals surface area contributed by atoms with Gasteiger partial charge in [0.25, 0.3) is 0 Å². The smallest absolute Gasteiger partial charge is 0.205 e. The van der Waals surface area contributed by atoms with E-state index in [2.05, 4.69) is 19.8 Å². The second-order valence-electron chi connectivity index (χ2n) is 8.46. The first kappa shape index (κ1) is 32.4. The second kappa shape index (κ2) is 17.7. The van der Waals surface area contributed by atoms with Gasteiger partial charge in [-0.1, -0.05) is 30.6 Å². The quantitative estimate of drug-likeness (QED) is 0.349. The molecular formula is C27H38Cl2FN5O4. The standard InChI is InChI=1S/C14H18ClN3O2.C11H13ClN2O2.CH3F.CH4/c1-17(2)4-3-13(19)12-9-11(15)10-14(16-12)18-5-7-20-8-6-18;1-8(15)10-6-9(12)7-11(13-10)14-2-4-16-5-3-14;1-2;/h3-4,9-10H,5-8H2,1-2H3;6-7H,2-5H2,1H3;1H3;1H4/b4-3+;;;/i;;;1D. The van der Waals surface area contributed by atoms with Gasteiger partial charge in [0.15, 0.2) is 5.78 Å². The Hall–Kier alpha value is -2.79. The third-order valence-corrected chi connectivity index (χ3v) is 5.80. The molecule has 0 N–H and O–H groups in total. The van der Waals surface area contributed by atoms with Gasteiger partial charge >= 0.3 is 0 Å². The minimum absolute atomic E-state index is 0.0722. The Labute approximate surface area is 241 Å². The number of morpholine rings is 2. The van der Waals surface area contributed by atoms with E-state index in [0.29, 0.717) is 55.0 Å². The summed E-state index contributed by atoms with van der Waals surface area (Å²) in [5.74, 6) is 1.25. The first-order valence-electron chi connectivity index (χ1n) is 13.0. The number of Topliss-reactive ketones (excluding diaryl/α,β-unsaturated/α-hetero) is 1. The summed E-state index contributed by atoms with van der Waals surface area (Å²) in [5.41, 5.74) is 0.770. The minimum Gasteiger partial charge on any atom is -0.383 e. The van der Waals surface area contributed by atoms with E-state index in [1.165, 1.54) is 20.4 Å². The number of anilines is 2. The van der Waals surface area contributed by atoms with Gasteiger partial charge in [-0.15, -0.1) is 0 Å². The van der Waals surface area contributed by atoms with E-state index in [1.807, 2.05) is 14.1 Å². The van der Waals surface area contributed by atoms with Crippen LogP contribution >= 0.6 is 23.2 Å². The Morgan fingerprint density at radius 1 is 0.897 bits per heavy atom. The first-order valence-corrected chi connectivity index (χ1v) is 12.8. The number of ether oxygens (including phenoxy) is 2. The van der Waals surface area contributed by atoms with Gasteiger partial charge in [0.05, 0.1) is 33.6 Å². The summed E-state index contributed by atoms with van der Waals surface area (Å²) < 4.78 is 25.8. The first-order chi connectivity index (χ1) is 19.2. The topological polar surface area (TPSA) is 88.1 Å². The van der Waals surface area contributed by atoms with Crippen LogP contribution in [0.25, 0.3) is 0 Å². The normalized spacial score (nSPS) is 15.0. The predicted octanol–water partition coefficient (Wildman–Crippen LogP) is 4.83. The van der Waals surface area contributed by atoms with Crippen molar-refractivity contribution >= 4 is 46.4 Å². The Kier molecular flexibility index (Phi) is 14.7. The summed E-state index contributed by atoms with van der Waals surface area (Å²) in [4.78, 5) is 38.0. The number of aromatic nitrogens is 2. The molecule has 0 unspecified atom stereocenters. The second-order valence-corrected chi connectivity index (χ2v) is 9.33. The molecule has 0 spiro atoms. The van der Waals surface area contributed by atoms with Crippen LogP contribution in [0.4, 0.5) is 16.0 Å². The average molecular weight is 588 g/mol. The molecule has 4 heterocycles. The van der Waals surface area contributed by atoms with E-state index >= 15 is 0 Å². The molecule has 2 aliphatic heterocycles. The molecule has 0 aromatic carbocycles. The highest BCUT2D eigenvalue weighted by Crippen LogP contribution is 2.21. The number of carbonyl (C=O) groups is 2. The maximum Gasteiger partial charge on any atom is 0.205 e. The van der Waals surface area contributed by atoms with Crippen LogP contribution in [0.15, 0.2) is 36.5 Å². The zero-order valence-corrected chi connectivity index (χ0v) is 24.6. The average Bonchev–Trinajstić information content (AvgIpc) is 2.98. The number of halogens is 3. The lowest BCUT2D eigenvalue weighted by Gasteiger charge is -2.28. The van der Waals surface area contributed by atoms with Crippen molar-refractivity contribution in [1.29, 1.82) is 0 Å². The molecule has 2 fully saturated rings. The lowest BCUT2D eigenvalue weighted by Crippen LogP contribution is -2.36. The fourth-order valence-corrected chi connectivity index (χ4v) is 3.89. The number of ketones is 2. The van der Waals surface area contributed by atoms with E-state index in [-0.39, 0.29) is 11.6 Å². The van der Waals surface area contributed by atoms with Crippen molar-refractivity contribution in [3.8, 4) is 0 Å². The zero-order valence-electron chi connectivity index (χ0n) is 24.1. The predicted molar refractivity (Wildman–Crippen MR) is 155 cm³/mol. The van der Waals surface area contributed by atoms with Gasteiger partial charge in [-0.2, -0.15) is 0 Å². The van der Waals surface area contributed by atoms with E-state index in [1.54, 1.807) is 35.4 Å². The van der Waals surface area contributed by atoms with E-state index < -0.39 is 0 Å². The van der Waals surface area contributed by atoms with Crippen LogP contribution in [-0.2, 0) is 9.47 Å². The van der Waals surface area contributed by atoms with Crippen LogP contribution < -0.4 is 9.80 Å². The molecule has 0 radical (unpaired) electrons. The number of allylic oxidation sites excluding steroid dienone is 1. The Morgan fingerprint density at radius 2 is 1.31 bits per heavy atom. The largest absolute Gasteiger partial charge is 0.383 e. The third-order valence-electron chi connectivity index (χ3n) is 5.36. The highest BCUT2D eigenvalue weighted by molar-refractivity contribution is 6.31. The number of pyridine rings is 2. The van der Waals surface area contributed by atoms with Gasteiger partial charge in [-0.3, -0.25) is 14.0 Å². The molecule has 0 amide bonds. The van der Waals surface area contributed by atoms with Crippen LogP contribution in [-0.4, -0.2) is 100 Å². The van der Waals surface area contributed by atoms with E-state index in [9.17, 15) is 14.0 Å². The van der Waals surface area contributed by atoms with Gasteiger partial charge in [0.1, 0.15) is 23.0 Å². The molecule has 39 heavy (non-hydrogen) atoms. The fourth-order valence-electron chi connectivity index (χ4n) is 3.48. The van der Waals surface area contributed by atoms with Gasteiger partial charge in [-0.25, -0.2) is 9.97 Å². The SMILES string of the molecule is CC(=O)c1cc(Cl)cc(N2CCOCC2)n1.CF.CN(C)/C=C/C(=O)c1cc(Cl)cc(N2CCOCC2)n1.[2H]C. The molecule has 2 aromatic rings. The molecule has 216 valence electrons. The summed E-state index contributed by atoms with van der Waals surface area (Å²) in [6.07, 6.45) is 3.18. The Balaban J connectivity index is 0.000000362. The zero-order chi connectivity index (χ0) is 30.1. The fraction of sp³-hybridized carbons (Fsp3) is 0.481. The number of hydrogen-bond acceptors (Lipinski definition) is 9. The summed E-state index contributed by atoms with van der Waals surface area (Å²) in [7, 11) is 5.46. The molecule has 0 saturated carbocycles. The molecule has 0 aliphatic carbocycles.